The summed E-state index contributed by atoms with van der Waals surface area (Å²) in [5, 5.41) is 2.76. The number of anilines is 2. The number of hydrogen-bond acceptors (Lipinski definition) is 6. The van der Waals surface area contributed by atoms with E-state index in [9.17, 15) is 14.4 Å². The first kappa shape index (κ1) is 19.4. The molecule has 2 aromatic carbocycles. The molecule has 0 aliphatic carbocycles. The Kier molecular flexibility index (Phi) is 5.63. The van der Waals surface area contributed by atoms with Crippen molar-refractivity contribution in [2.75, 3.05) is 31.0 Å². The number of hydrogen-bond donors (Lipinski definition) is 1. The van der Waals surface area contributed by atoms with E-state index in [1.54, 1.807) is 0 Å². The van der Waals surface area contributed by atoms with Gasteiger partial charge in [0.2, 0.25) is 5.91 Å². The Labute approximate surface area is 163 Å². The van der Waals surface area contributed by atoms with Gasteiger partial charge in [0, 0.05) is 17.4 Å². The second-order valence-corrected chi connectivity index (χ2v) is 6.64. The fourth-order valence-corrected chi connectivity index (χ4v) is 3.40. The van der Waals surface area contributed by atoms with Gasteiger partial charge >= 0.3 is 11.9 Å². The number of carbonyl (C=O) groups is 3. The molecule has 0 bridgehead atoms. The SMILES string of the molecule is COC(=O)c1cc(NC(=O)CN2c3ccccc3CC2C)cc(C(=O)OC)c1. The second-order valence-electron chi connectivity index (χ2n) is 6.64. The molecule has 28 heavy (non-hydrogen) atoms. The lowest BCUT2D eigenvalue weighted by molar-refractivity contribution is -0.115. The molecule has 0 radical (unpaired) electrons. The minimum Gasteiger partial charge on any atom is -0.465 e. The Morgan fingerprint density at radius 2 is 1.64 bits per heavy atom. The van der Waals surface area contributed by atoms with Crippen molar-refractivity contribution in [2.24, 2.45) is 0 Å². The largest absolute Gasteiger partial charge is 0.465 e. The molecule has 1 N–H and O–H groups in total. The molecule has 7 nitrogen and oxygen atoms in total. The highest BCUT2D eigenvalue weighted by Crippen LogP contribution is 2.31. The first-order chi connectivity index (χ1) is 13.4. The van der Waals surface area contributed by atoms with Gasteiger partial charge in [-0.1, -0.05) is 18.2 Å². The lowest BCUT2D eigenvalue weighted by atomic mass is 10.1. The first-order valence-corrected chi connectivity index (χ1v) is 8.89. The normalized spacial score (nSPS) is 15.0. The van der Waals surface area contributed by atoms with Crippen LogP contribution in [0.1, 0.15) is 33.2 Å². The molecule has 0 fully saturated rings. The molecule has 0 aromatic heterocycles. The summed E-state index contributed by atoms with van der Waals surface area (Å²) in [6.07, 6.45) is 0.883. The highest BCUT2D eigenvalue weighted by molar-refractivity contribution is 6.00. The van der Waals surface area contributed by atoms with Crippen LogP contribution in [0.25, 0.3) is 0 Å². The second kappa shape index (κ2) is 8.12. The zero-order valence-electron chi connectivity index (χ0n) is 16.0. The van der Waals surface area contributed by atoms with Crippen molar-refractivity contribution in [3.05, 3.63) is 59.2 Å². The van der Waals surface area contributed by atoms with E-state index in [-0.39, 0.29) is 29.6 Å². The molecule has 7 heteroatoms. The van der Waals surface area contributed by atoms with Crippen molar-refractivity contribution >= 4 is 29.2 Å². The van der Waals surface area contributed by atoms with Crippen LogP contribution >= 0.6 is 0 Å². The van der Waals surface area contributed by atoms with Gasteiger partial charge < -0.3 is 19.7 Å². The van der Waals surface area contributed by atoms with Gasteiger partial charge in [-0.2, -0.15) is 0 Å². The van der Waals surface area contributed by atoms with Crippen LogP contribution in [0.4, 0.5) is 11.4 Å². The minimum atomic E-state index is -0.608. The molecule has 1 atom stereocenters. The highest BCUT2D eigenvalue weighted by Gasteiger charge is 2.27. The van der Waals surface area contributed by atoms with Crippen LogP contribution in [-0.2, 0) is 20.7 Å². The van der Waals surface area contributed by atoms with Gasteiger partial charge in [-0.25, -0.2) is 9.59 Å². The molecule has 1 aliphatic rings. The maximum Gasteiger partial charge on any atom is 0.337 e. The van der Waals surface area contributed by atoms with Crippen LogP contribution in [0.3, 0.4) is 0 Å². The van der Waals surface area contributed by atoms with Gasteiger partial charge in [0.15, 0.2) is 0 Å². The number of rotatable bonds is 5. The monoisotopic (exact) mass is 382 g/mol. The van der Waals surface area contributed by atoms with Gasteiger partial charge in [0.25, 0.3) is 0 Å². The molecule has 146 valence electrons. The lowest BCUT2D eigenvalue weighted by Crippen LogP contribution is -2.37. The number of ether oxygens (including phenoxy) is 2. The molecule has 1 aliphatic heterocycles. The van der Waals surface area contributed by atoms with E-state index in [2.05, 4.69) is 18.3 Å². The van der Waals surface area contributed by atoms with Crippen LogP contribution in [-0.4, -0.2) is 44.7 Å². The molecule has 1 amide bonds. The van der Waals surface area contributed by atoms with Crippen molar-refractivity contribution in [1.82, 2.24) is 0 Å². The minimum absolute atomic E-state index is 0.153. The third-order valence-corrected chi connectivity index (χ3v) is 4.72. The van der Waals surface area contributed by atoms with Crippen molar-refractivity contribution < 1.29 is 23.9 Å². The topological polar surface area (TPSA) is 84.9 Å². The number of fused-ring (bicyclic) bond motifs is 1. The van der Waals surface area contributed by atoms with Gasteiger partial charge in [0.1, 0.15) is 0 Å². The van der Waals surface area contributed by atoms with Crippen LogP contribution < -0.4 is 10.2 Å². The predicted molar refractivity (Wildman–Crippen MR) is 105 cm³/mol. The summed E-state index contributed by atoms with van der Waals surface area (Å²) in [6.45, 7) is 2.23. The van der Waals surface area contributed by atoms with Crippen molar-refractivity contribution in [2.45, 2.75) is 19.4 Å². The molecule has 1 heterocycles. The standard InChI is InChI=1S/C21H22N2O5/c1-13-8-14-6-4-5-7-18(14)23(13)12-19(24)22-17-10-15(20(25)27-2)9-16(11-17)21(26)28-3/h4-7,9-11,13H,8,12H2,1-3H3,(H,22,24). The molecule has 0 spiro atoms. The highest BCUT2D eigenvalue weighted by atomic mass is 16.5. The van der Waals surface area contributed by atoms with E-state index in [1.807, 2.05) is 23.1 Å². The van der Waals surface area contributed by atoms with Gasteiger partial charge in [-0.15, -0.1) is 0 Å². The molecule has 0 saturated carbocycles. The molecule has 2 aromatic rings. The summed E-state index contributed by atoms with van der Waals surface area (Å²) in [5.74, 6) is -1.46. The summed E-state index contributed by atoms with van der Waals surface area (Å²) >= 11 is 0. The maximum atomic E-state index is 12.6. The smallest absolute Gasteiger partial charge is 0.337 e. The number of amides is 1. The van der Waals surface area contributed by atoms with Gasteiger partial charge in [-0.3, -0.25) is 4.79 Å². The van der Waals surface area contributed by atoms with Gasteiger partial charge in [-0.05, 0) is 43.2 Å². The Morgan fingerprint density at radius 1 is 1.04 bits per heavy atom. The maximum absolute atomic E-state index is 12.6. The third-order valence-electron chi connectivity index (χ3n) is 4.72. The van der Waals surface area contributed by atoms with E-state index in [0.29, 0.717) is 5.69 Å². The average molecular weight is 382 g/mol. The predicted octanol–water partition coefficient (Wildman–Crippen LogP) is 2.65. The number of benzene rings is 2. The number of esters is 2. The lowest BCUT2D eigenvalue weighted by Gasteiger charge is -2.24. The molecule has 1 unspecified atom stereocenters. The zero-order chi connectivity index (χ0) is 20.3. The van der Waals surface area contributed by atoms with Crippen LogP contribution in [0.2, 0.25) is 0 Å². The Morgan fingerprint density at radius 3 is 2.25 bits per heavy atom. The van der Waals surface area contributed by atoms with Crippen LogP contribution in [0.5, 0.6) is 0 Å². The summed E-state index contributed by atoms with van der Waals surface area (Å²) in [6, 6.07) is 12.5. The Balaban J connectivity index is 1.80. The van der Waals surface area contributed by atoms with E-state index in [4.69, 9.17) is 9.47 Å². The fraction of sp³-hybridized carbons (Fsp3) is 0.286. The van der Waals surface area contributed by atoms with E-state index in [0.717, 1.165) is 12.1 Å². The van der Waals surface area contributed by atoms with Gasteiger partial charge in [0.05, 0.1) is 31.9 Å². The van der Waals surface area contributed by atoms with E-state index < -0.39 is 11.9 Å². The van der Waals surface area contributed by atoms with Crippen molar-refractivity contribution in [1.29, 1.82) is 0 Å². The summed E-state index contributed by atoms with van der Waals surface area (Å²) in [5.41, 5.74) is 2.89. The molecule has 3 rings (SSSR count). The summed E-state index contributed by atoms with van der Waals surface area (Å²) in [4.78, 5) is 38.4. The average Bonchev–Trinajstić information content (AvgIpc) is 3.01. The quantitative estimate of drug-likeness (QED) is 0.801. The molecule has 0 saturated heterocycles. The molecular formula is C21H22N2O5. The fourth-order valence-electron chi connectivity index (χ4n) is 3.40. The third kappa shape index (κ3) is 3.98. The number of carbonyl (C=O) groups excluding carboxylic acids is 3. The number of methoxy groups -OCH3 is 2. The van der Waals surface area contributed by atoms with Crippen LogP contribution in [0.15, 0.2) is 42.5 Å². The summed E-state index contributed by atoms with van der Waals surface area (Å²) < 4.78 is 9.43. The van der Waals surface area contributed by atoms with E-state index in [1.165, 1.54) is 38.0 Å². The van der Waals surface area contributed by atoms with Crippen molar-refractivity contribution in [3.8, 4) is 0 Å². The summed E-state index contributed by atoms with van der Waals surface area (Å²) in [7, 11) is 2.50. The van der Waals surface area contributed by atoms with E-state index >= 15 is 0 Å². The number of nitrogens with zero attached hydrogens (tertiary/aromatic N) is 1. The first-order valence-electron chi connectivity index (χ1n) is 8.89. The van der Waals surface area contributed by atoms with Crippen LogP contribution in [0, 0.1) is 0 Å². The zero-order valence-corrected chi connectivity index (χ0v) is 16.0. The molecular weight excluding hydrogens is 360 g/mol. The van der Waals surface area contributed by atoms with Crippen molar-refractivity contribution in [3.63, 3.8) is 0 Å². The Hall–Kier alpha value is -3.35. The number of para-hydroxylation sites is 1. The number of nitrogens with one attached hydrogen (secondary N) is 1. The Bertz CT molecular complexity index is 891.